The lowest BCUT2D eigenvalue weighted by Crippen LogP contribution is -2.16. The second-order valence-corrected chi connectivity index (χ2v) is 29.1. The van der Waals surface area contributed by atoms with Gasteiger partial charge in [-0.25, -0.2) is 0 Å². The van der Waals surface area contributed by atoms with Crippen LogP contribution >= 0.6 is 0 Å². The summed E-state index contributed by atoms with van der Waals surface area (Å²) in [4.78, 5) is 0. The van der Waals surface area contributed by atoms with Crippen LogP contribution in [-0.4, -0.2) is 17.9 Å². The van der Waals surface area contributed by atoms with Crippen molar-refractivity contribution in [2.24, 2.45) is 0 Å². The van der Waals surface area contributed by atoms with E-state index in [1.54, 1.807) is 0 Å². The Bertz CT molecular complexity index is 5210. The van der Waals surface area contributed by atoms with Gasteiger partial charge < -0.3 is 17.9 Å². The molecule has 4 heteroatoms. The third-order valence-corrected chi connectivity index (χ3v) is 19.6. The normalized spacial score (nSPS) is 13.3. The summed E-state index contributed by atoms with van der Waals surface area (Å²) < 4.78 is 10.3. The highest BCUT2D eigenvalue weighted by atomic mass is 15.0. The molecule has 17 rings (SSSR count). The first kappa shape index (κ1) is 51.1. The Labute approximate surface area is 501 Å². The second kappa shape index (κ2) is 17.2. The van der Waals surface area contributed by atoms with E-state index >= 15 is 0 Å². The van der Waals surface area contributed by atoms with E-state index in [1.165, 1.54) is 164 Å². The predicted molar refractivity (Wildman–Crippen MR) is 370 cm³/mol. The molecule has 6 aromatic heterocycles. The van der Waals surface area contributed by atoms with Crippen LogP contribution in [0.25, 0.3) is 153 Å². The standard InChI is InChI=1S/C82H70N4/c1-79(2,3)51-37-49(38-52(43-51)80(4,5)6)47-29-33-69-61(41-47)73-75-63-45-55(83-65-25-17-13-21-57(65)58-22-14-18-26-66(58)83)32-36-72(63)86-70-34-30-48(50-39-53(81(7,8)9)44-54(40-50)82(10,11)12)42-62(70)74(78(75)86)76-64-46-56(31-35-71(64)85(69)77(73)76)84-67-27-19-15-23-59(67)60-24-16-20-28-68(60)84/h13-46H,1-12H3. The fourth-order valence-corrected chi connectivity index (χ4v) is 15.0. The fourth-order valence-electron chi connectivity index (χ4n) is 15.0. The van der Waals surface area contributed by atoms with Crippen LogP contribution in [0.3, 0.4) is 0 Å². The molecule has 6 heterocycles. The van der Waals surface area contributed by atoms with Crippen LogP contribution in [0.5, 0.6) is 0 Å². The Hall–Kier alpha value is -9.38. The Morgan fingerprint density at radius 2 is 0.488 bits per heavy atom. The Morgan fingerprint density at radius 3 is 0.779 bits per heavy atom. The number of hydrogen-bond donors (Lipinski definition) is 0. The zero-order chi connectivity index (χ0) is 58.8. The molecule has 0 fully saturated rings. The number of nitrogens with zero attached hydrogens (tertiary/aromatic N) is 4. The molecule has 0 spiro atoms. The summed E-state index contributed by atoms with van der Waals surface area (Å²) in [5, 5.41) is 15.3. The minimum Gasteiger partial charge on any atom is -0.309 e. The van der Waals surface area contributed by atoms with Gasteiger partial charge in [0.2, 0.25) is 0 Å². The summed E-state index contributed by atoms with van der Waals surface area (Å²) in [5.41, 5.74) is 24.9. The first-order chi connectivity index (χ1) is 41.2. The minimum atomic E-state index is -0.0273. The van der Waals surface area contributed by atoms with Gasteiger partial charge in [0.15, 0.2) is 0 Å². The smallest absolute Gasteiger partial charge is 0.0634 e. The molecular formula is C82H70N4. The molecule has 0 bridgehead atoms. The maximum absolute atomic E-state index is 2.64. The van der Waals surface area contributed by atoms with E-state index < -0.39 is 0 Å². The van der Waals surface area contributed by atoms with Crippen molar-refractivity contribution in [2.45, 2.75) is 105 Å². The van der Waals surface area contributed by atoms with E-state index in [-0.39, 0.29) is 21.7 Å². The maximum atomic E-state index is 2.64. The van der Waals surface area contributed by atoms with Crippen LogP contribution < -0.4 is 0 Å². The second-order valence-electron chi connectivity index (χ2n) is 29.1. The van der Waals surface area contributed by atoms with Crippen molar-refractivity contribution < 1.29 is 0 Å². The zero-order valence-corrected chi connectivity index (χ0v) is 51.4. The van der Waals surface area contributed by atoms with Crippen molar-refractivity contribution in [3.05, 3.63) is 229 Å². The molecule has 11 aromatic carbocycles. The lowest BCUT2D eigenvalue weighted by molar-refractivity contribution is 0.568. The van der Waals surface area contributed by atoms with Crippen molar-refractivity contribution in [2.75, 3.05) is 0 Å². The van der Waals surface area contributed by atoms with Crippen molar-refractivity contribution >= 4 is 120 Å². The van der Waals surface area contributed by atoms with Crippen molar-refractivity contribution in [3.63, 3.8) is 0 Å². The Morgan fingerprint density at radius 1 is 0.221 bits per heavy atom. The predicted octanol–water partition coefficient (Wildman–Crippen LogP) is 22.7. The van der Waals surface area contributed by atoms with Gasteiger partial charge in [0.05, 0.1) is 55.2 Å². The topological polar surface area (TPSA) is 18.7 Å². The van der Waals surface area contributed by atoms with E-state index in [9.17, 15) is 0 Å². The largest absolute Gasteiger partial charge is 0.309 e. The van der Waals surface area contributed by atoms with Gasteiger partial charge in [-0.1, -0.05) is 204 Å². The molecule has 4 nitrogen and oxygen atoms in total. The highest BCUT2D eigenvalue weighted by Crippen LogP contribution is 2.54. The molecule has 0 saturated carbocycles. The molecule has 0 aliphatic rings. The summed E-state index contributed by atoms with van der Waals surface area (Å²) in [6.45, 7) is 28.2. The lowest BCUT2D eigenvalue weighted by Gasteiger charge is -2.26. The molecule has 0 aliphatic heterocycles. The molecule has 0 amide bonds. The first-order valence-electron chi connectivity index (χ1n) is 30.9. The van der Waals surface area contributed by atoms with E-state index in [0.29, 0.717) is 0 Å². The summed E-state index contributed by atoms with van der Waals surface area (Å²) in [5.74, 6) is 0. The third-order valence-electron chi connectivity index (χ3n) is 19.6. The van der Waals surface area contributed by atoms with Gasteiger partial charge in [-0.3, -0.25) is 0 Å². The van der Waals surface area contributed by atoms with Crippen LogP contribution in [0.15, 0.2) is 206 Å². The molecule has 86 heavy (non-hydrogen) atoms. The molecule has 0 N–H and O–H groups in total. The number of fused-ring (bicyclic) bond motifs is 20. The zero-order valence-electron chi connectivity index (χ0n) is 51.4. The monoisotopic (exact) mass is 1110 g/mol. The van der Waals surface area contributed by atoms with Gasteiger partial charge in [-0.05, 0) is 151 Å². The van der Waals surface area contributed by atoms with Crippen LogP contribution in [-0.2, 0) is 21.7 Å². The SMILES string of the molecule is CC(C)(C)c1cc(-c2ccc3c(c2)c2c4c5cc(-n6c7ccccc7c7ccccc76)ccc5n5c6ccc(-c7cc(C(C)(C)C)cc(C(C)(C)C)c7)cc6c(c6c7cc(-n8c9ccccc9c9ccccc98)ccc7n3c26)c45)cc(C(C)(C)C)c1. The van der Waals surface area contributed by atoms with E-state index in [4.69, 9.17) is 0 Å². The van der Waals surface area contributed by atoms with E-state index in [2.05, 4.69) is 307 Å². The van der Waals surface area contributed by atoms with Crippen LogP contribution in [0.1, 0.15) is 105 Å². The molecule has 0 atom stereocenters. The van der Waals surface area contributed by atoms with Gasteiger partial charge in [-0.2, -0.15) is 0 Å². The van der Waals surface area contributed by atoms with Crippen molar-refractivity contribution in [1.29, 1.82) is 0 Å². The van der Waals surface area contributed by atoms with E-state index in [0.717, 1.165) is 11.4 Å². The van der Waals surface area contributed by atoms with Gasteiger partial charge in [0.25, 0.3) is 0 Å². The Balaban J connectivity index is 1.07. The molecule has 0 saturated heterocycles. The molecule has 418 valence electrons. The summed E-state index contributed by atoms with van der Waals surface area (Å²) >= 11 is 0. The van der Waals surface area contributed by atoms with Crippen LogP contribution in [0.4, 0.5) is 0 Å². The highest BCUT2D eigenvalue weighted by molar-refractivity contribution is 6.45. The number of rotatable bonds is 4. The highest BCUT2D eigenvalue weighted by Gasteiger charge is 2.31. The average Bonchev–Trinajstić information content (AvgIpc) is 1.49. The van der Waals surface area contributed by atoms with Crippen molar-refractivity contribution in [1.82, 2.24) is 17.9 Å². The minimum absolute atomic E-state index is 0.0273. The van der Waals surface area contributed by atoms with Crippen LogP contribution in [0, 0.1) is 0 Å². The number of benzene rings is 11. The summed E-state index contributed by atoms with van der Waals surface area (Å²) in [6, 6.07) is 79.7. The average molecular weight is 1110 g/mol. The van der Waals surface area contributed by atoms with Crippen molar-refractivity contribution in [3.8, 4) is 33.6 Å². The first-order valence-corrected chi connectivity index (χ1v) is 30.9. The number of para-hydroxylation sites is 4. The maximum Gasteiger partial charge on any atom is 0.0634 e. The molecule has 0 aliphatic carbocycles. The summed E-state index contributed by atoms with van der Waals surface area (Å²) in [6.07, 6.45) is 0. The summed E-state index contributed by atoms with van der Waals surface area (Å²) in [7, 11) is 0. The number of aromatic nitrogens is 4. The van der Waals surface area contributed by atoms with E-state index in [1.807, 2.05) is 0 Å². The van der Waals surface area contributed by atoms with Gasteiger partial charge in [-0.15, -0.1) is 0 Å². The Kier molecular flexibility index (Phi) is 10.2. The quantitative estimate of drug-likeness (QED) is 0.167. The molecular weight excluding hydrogens is 1040 g/mol. The number of hydrogen-bond acceptors (Lipinski definition) is 0. The lowest BCUT2D eigenvalue weighted by atomic mass is 9.79. The fraction of sp³-hybridized carbons (Fsp3) is 0.195. The van der Waals surface area contributed by atoms with Crippen LogP contribution in [0.2, 0.25) is 0 Å². The van der Waals surface area contributed by atoms with Gasteiger partial charge in [0, 0.05) is 76.0 Å². The van der Waals surface area contributed by atoms with Gasteiger partial charge >= 0.3 is 0 Å². The van der Waals surface area contributed by atoms with Gasteiger partial charge in [0.1, 0.15) is 0 Å². The third kappa shape index (κ3) is 7.10. The molecule has 0 radical (unpaired) electrons. The molecule has 17 aromatic rings. The molecule has 0 unspecified atom stereocenters.